The average Bonchev–Trinajstić information content (AvgIpc) is 2.58. The van der Waals surface area contributed by atoms with Gasteiger partial charge in [0.2, 0.25) is 0 Å². The van der Waals surface area contributed by atoms with Gasteiger partial charge in [0.15, 0.2) is 5.96 Å². The number of hydrogen-bond acceptors (Lipinski definition) is 2. The standard InChI is InChI=1S/C18H29BrN4/c1-3-4-11-21-18(20-2)22-17-9-12-23(13-10-17)14-15-5-7-16(19)8-6-15/h5-8,17H,3-4,9-14H2,1-2H3,(H2,20,21,22). The number of nitrogens with one attached hydrogen (secondary N) is 2. The summed E-state index contributed by atoms with van der Waals surface area (Å²) in [5.74, 6) is 0.949. The van der Waals surface area contributed by atoms with Crippen LogP contribution in [0.5, 0.6) is 0 Å². The van der Waals surface area contributed by atoms with Crippen LogP contribution in [0.1, 0.15) is 38.2 Å². The summed E-state index contributed by atoms with van der Waals surface area (Å²) in [4.78, 5) is 6.86. The molecular formula is C18H29BrN4. The molecule has 1 saturated heterocycles. The van der Waals surface area contributed by atoms with E-state index in [1.165, 1.54) is 31.2 Å². The third-order valence-corrected chi connectivity index (χ3v) is 4.82. The molecule has 128 valence electrons. The topological polar surface area (TPSA) is 39.7 Å². The Kier molecular flexibility index (Phi) is 7.89. The highest BCUT2D eigenvalue weighted by Crippen LogP contribution is 2.16. The molecule has 0 amide bonds. The number of likely N-dealkylation sites (tertiary alicyclic amines) is 1. The molecule has 0 radical (unpaired) electrons. The molecule has 1 aromatic carbocycles. The van der Waals surface area contributed by atoms with Gasteiger partial charge in [0.05, 0.1) is 0 Å². The van der Waals surface area contributed by atoms with Gasteiger partial charge in [0, 0.05) is 43.7 Å². The quantitative estimate of drug-likeness (QED) is 0.451. The Balaban J connectivity index is 1.71. The maximum Gasteiger partial charge on any atom is 0.191 e. The third kappa shape index (κ3) is 6.51. The van der Waals surface area contributed by atoms with Crippen molar-refractivity contribution in [3.8, 4) is 0 Å². The molecule has 23 heavy (non-hydrogen) atoms. The second kappa shape index (κ2) is 9.93. The molecule has 0 aliphatic carbocycles. The van der Waals surface area contributed by atoms with Crippen molar-refractivity contribution in [1.29, 1.82) is 0 Å². The number of nitrogens with zero attached hydrogens (tertiary/aromatic N) is 2. The number of benzene rings is 1. The van der Waals surface area contributed by atoms with Gasteiger partial charge in [-0.3, -0.25) is 9.89 Å². The van der Waals surface area contributed by atoms with Crippen LogP contribution in [0, 0.1) is 0 Å². The highest BCUT2D eigenvalue weighted by atomic mass is 79.9. The van der Waals surface area contributed by atoms with E-state index in [4.69, 9.17) is 0 Å². The molecule has 1 aliphatic heterocycles. The molecule has 1 fully saturated rings. The van der Waals surface area contributed by atoms with Crippen LogP contribution in [-0.2, 0) is 6.54 Å². The van der Waals surface area contributed by atoms with Crippen LogP contribution in [0.3, 0.4) is 0 Å². The molecule has 2 N–H and O–H groups in total. The molecule has 0 bridgehead atoms. The number of aliphatic imine (C=N–C) groups is 1. The van der Waals surface area contributed by atoms with E-state index < -0.39 is 0 Å². The van der Waals surface area contributed by atoms with E-state index in [2.05, 4.69) is 67.6 Å². The van der Waals surface area contributed by atoms with Crippen molar-refractivity contribution in [3.05, 3.63) is 34.3 Å². The average molecular weight is 381 g/mol. The first-order valence-corrected chi connectivity index (χ1v) is 9.44. The molecule has 0 atom stereocenters. The maximum absolute atomic E-state index is 4.33. The van der Waals surface area contributed by atoms with E-state index in [0.29, 0.717) is 6.04 Å². The minimum absolute atomic E-state index is 0.531. The van der Waals surface area contributed by atoms with Gasteiger partial charge in [0.1, 0.15) is 0 Å². The molecule has 1 aromatic rings. The second-order valence-corrected chi connectivity index (χ2v) is 7.09. The molecule has 4 nitrogen and oxygen atoms in total. The Labute approximate surface area is 148 Å². The Hall–Kier alpha value is -1.07. The number of hydrogen-bond donors (Lipinski definition) is 2. The van der Waals surface area contributed by atoms with Gasteiger partial charge in [-0.05, 0) is 37.0 Å². The number of rotatable bonds is 6. The first-order chi connectivity index (χ1) is 11.2. The molecule has 0 unspecified atom stereocenters. The van der Waals surface area contributed by atoms with Crippen LogP contribution in [-0.4, -0.2) is 43.6 Å². The zero-order chi connectivity index (χ0) is 16.5. The Morgan fingerprint density at radius 3 is 2.57 bits per heavy atom. The lowest BCUT2D eigenvalue weighted by molar-refractivity contribution is 0.198. The van der Waals surface area contributed by atoms with Crippen molar-refractivity contribution in [2.45, 2.75) is 45.2 Å². The van der Waals surface area contributed by atoms with E-state index in [1.807, 2.05) is 7.05 Å². The van der Waals surface area contributed by atoms with E-state index in [1.54, 1.807) is 0 Å². The van der Waals surface area contributed by atoms with Crippen molar-refractivity contribution in [2.24, 2.45) is 4.99 Å². The van der Waals surface area contributed by atoms with Gasteiger partial charge in [-0.1, -0.05) is 41.4 Å². The zero-order valence-electron chi connectivity index (χ0n) is 14.3. The Morgan fingerprint density at radius 2 is 1.96 bits per heavy atom. The normalized spacial score (nSPS) is 17.3. The van der Waals surface area contributed by atoms with E-state index >= 15 is 0 Å². The van der Waals surface area contributed by atoms with Crippen LogP contribution >= 0.6 is 15.9 Å². The lowest BCUT2D eigenvalue weighted by Crippen LogP contribution is -2.48. The highest BCUT2D eigenvalue weighted by Gasteiger charge is 2.19. The molecule has 0 saturated carbocycles. The summed E-state index contributed by atoms with van der Waals surface area (Å²) in [5, 5.41) is 6.96. The Bertz CT molecular complexity index is 478. The summed E-state index contributed by atoms with van der Waals surface area (Å²) in [7, 11) is 1.85. The van der Waals surface area contributed by atoms with Crippen LogP contribution in [0.2, 0.25) is 0 Å². The lowest BCUT2D eigenvalue weighted by atomic mass is 10.0. The zero-order valence-corrected chi connectivity index (χ0v) is 15.9. The van der Waals surface area contributed by atoms with E-state index in [0.717, 1.165) is 36.6 Å². The monoisotopic (exact) mass is 380 g/mol. The van der Waals surface area contributed by atoms with Crippen molar-refractivity contribution in [3.63, 3.8) is 0 Å². The second-order valence-electron chi connectivity index (χ2n) is 6.17. The lowest BCUT2D eigenvalue weighted by Gasteiger charge is -2.33. The Morgan fingerprint density at radius 1 is 1.26 bits per heavy atom. The van der Waals surface area contributed by atoms with Crippen LogP contribution in [0.4, 0.5) is 0 Å². The summed E-state index contributed by atoms with van der Waals surface area (Å²) >= 11 is 3.49. The van der Waals surface area contributed by atoms with Gasteiger partial charge in [-0.25, -0.2) is 0 Å². The van der Waals surface area contributed by atoms with Crippen molar-refractivity contribution >= 4 is 21.9 Å². The predicted molar refractivity (Wildman–Crippen MR) is 102 cm³/mol. The van der Waals surface area contributed by atoms with Gasteiger partial charge in [0.25, 0.3) is 0 Å². The largest absolute Gasteiger partial charge is 0.356 e. The molecule has 2 rings (SSSR count). The predicted octanol–water partition coefficient (Wildman–Crippen LogP) is 3.38. The smallest absolute Gasteiger partial charge is 0.191 e. The summed E-state index contributed by atoms with van der Waals surface area (Å²) < 4.78 is 1.14. The summed E-state index contributed by atoms with van der Waals surface area (Å²) in [6.45, 7) is 6.53. The number of guanidine groups is 1. The molecular weight excluding hydrogens is 352 g/mol. The first kappa shape index (κ1) is 18.3. The van der Waals surface area contributed by atoms with Crippen LogP contribution in [0.25, 0.3) is 0 Å². The fourth-order valence-electron chi connectivity index (χ4n) is 2.85. The molecule has 1 aliphatic rings. The fraction of sp³-hybridized carbons (Fsp3) is 0.611. The molecule has 0 aromatic heterocycles. The summed E-state index contributed by atoms with van der Waals surface area (Å²) in [6, 6.07) is 9.18. The number of unbranched alkanes of at least 4 members (excludes halogenated alkanes) is 1. The highest BCUT2D eigenvalue weighted by molar-refractivity contribution is 9.10. The summed E-state index contributed by atoms with van der Waals surface area (Å²) in [5.41, 5.74) is 1.39. The summed E-state index contributed by atoms with van der Waals surface area (Å²) in [6.07, 6.45) is 4.74. The fourth-order valence-corrected chi connectivity index (χ4v) is 3.12. The number of piperidine rings is 1. The molecule has 0 spiro atoms. The minimum atomic E-state index is 0.531. The molecule has 5 heteroatoms. The molecule has 1 heterocycles. The van der Waals surface area contributed by atoms with Crippen LogP contribution in [0.15, 0.2) is 33.7 Å². The maximum atomic E-state index is 4.33. The van der Waals surface area contributed by atoms with Crippen LogP contribution < -0.4 is 10.6 Å². The van der Waals surface area contributed by atoms with Gasteiger partial charge in [-0.15, -0.1) is 0 Å². The SMILES string of the molecule is CCCCNC(=NC)NC1CCN(Cc2ccc(Br)cc2)CC1. The van der Waals surface area contributed by atoms with Crippen molar-refractivity contribution in [2.75, 3.05) is 26.7 Å². The van der Waals surface area contributed by atoms with Crippen molar-refractivity contribution < 1.29 is 0 Å². The first-order valence-electron chi connectivity index (χ1n) is 8.65. The van der Waals surface area contributed by atoms with E-state index in [9.17, 15) is 0 Å². The van der Waals surface area contributed by atoms with E-state index in [-0.39, 0.29) is 0 Å². The van der Waals surface area contributed by atoms with Gasteiger partial charge in [-0.2, -0.15) is 0 Å². The number of halogens is 1. The third-order valence-electron chi connectivity index (χ3n) is 4.29. The minimum Gasteiger partial charge on any atom is -0.356 e. The van der Waals surface area contributed by atoms with Gasteiger partial charge >= 0.3 is 0 Å². The van der Waals surface area contributed by atoms with Gasteiger partial charge < -0.3 is 10.6 Å². The van der Waals surface area contributed by atoms with Crippen molar-refractivity contribution in [1.82, 2.24) is 15.5 Å².